The average Bonchev–Trinajstić information content (AvgIpc) is 2.48. The second-order valence-corrected chi connectivity index (χ2v) is 5.09. The van der Waals surface area contributed by atoms with Crippen LogP contribution < -0.4 is 5.32 Å². The van der Waals surface area contributed by atoms with Crippen LogP contribution in [0.1, 0.15) is 11.1 Å². The summed E-state index contributed by atoms with van der Waals surface area (Å²) < 4.78 is 0. The summed E-state index contributed by atoms with van der Waals surface area (Å²) >= 11 is 0. The van der Waals surface area contributed by atoms with Crippen LogP contribution in [0.15, 0.2) is 54.6 Å². The van der Waals surface area contributed by atoms with E-state index in [-0.39, 0.29) is 0 Å². The zero-order valence-corrected chi connectivity index (χ0v) is 11.2. The molecule has 98 valence electrons. The van der Waals surface area contributed by atoms with E-state index in [0.717, 1.165) is 19.6 Å². The lowest BCUT2D eigenvalue weighted by Crippen LogP contribution is -2.34. The Morgan fingerprint density at radius 2 is 1.63 bits per heavy atom. The quantitative estimate of drug-likeness (QED) is 0.899. The molecule has 1 aliphatic rings. The second kappa shape index (κ2) is 5.89. The predicted molar refractivity (Wildman–Crippen MR) is 80.4 cm³/mol. The number of hydrogen-bond donors (Lipinski definition) is 1. The fraction of sp³-hybridized carbons (Fsp3) is 0.294. The Balaban J connectivity index is 1.50. The van der Waals surface area contributed by atoms with Gasteiger partial charge >= 0.3 is 0 Å². The molecule has 2 heteroatoms. The van der Waals surface area contributed by atoms with E-state index in [1.807, 2.05) is 6.07 Å². The highest BCUT2D eigenvalue weighted by Crippen LogP contribution is 2.18. The van der Waals surface area contributed by atoms with Gasteiger partial charge in [-0.25, -0.2) is 0 Å². The van der Waals surface area contributed by atoms with Crippen molar-refractivity contribution < 1.29 is 0 Å². The van der Waals surface area contributed by atoms with E-state index < -0.39 is 0 Å². The highest BCUT2D eigenvalue weighted by molar-refractivity contribution is 5.42. The molecule has 0 fully saturated rings. The molecular weight excluding hydrogens is 232 g/mol. The van der Waals surface area contributed by atoms with Crippen molar-refractivity contribution in [1.29, 1.82) is 0 Å². The lowest BCUT2D eigenvalue weighted by molar-refractivity contribution is 0.264. The van der Waals surface area contributed by atoms with Crippen LogP contribution in [0, 0.1) is 0 Å². The van der Waals surface area contributed by atoms with Gasteiger partial charge in [0.05, 0.1) is 0 Å². The molecule has 3 rings (SSSR count). The highest BCUT2D eigenvalue weighted by Gasteiger charge is 2.14. The van der Waals surface area contributed by atoms with Crippen molar-refractivity contribution in [3.05, 3.63) is 65.7 Å². The Bertz CT molecular complexity index is 522. The van der Waals surface area contributed by atoms with E-state index in [4.69, 9.17) is 0 Å². The third-order valence-electron chi connectivity index (χ3n) is 3.74. The number of anilines is 1. The lowest BCUT2D eigenvalue weighted by atomic mass is 10.00. The summed E-state index contributed by atoms with van der Waals surface area (Å²) in [7, 11) is 0. The highest BCUT2D eigenvalue weighted by atomic mass is 15.1. The molecule has 2 aromatic carbocycles. The Morgan fingerprint density at radius 1 is 0.895 bits per heavy atom. The van der Waals surface area contributed by atoms with Crippen LogP contribution >= 0.6 is 0 Å². The maximum atomic E-state index is 3.47. The molecular formula is C17H20N2. The van der Waals surface area contributed by atoms with Crippen molar-refractivity contribution in [2.45, 2.75) is 13.0 Å². The zero-order chi connectivity index (χ0) is 12.9. The molecule has 19 heavy (non-hydrogen) atoms. The third-order valence-corrected chi connectivity index (χ3v) is 3.74. The zero-order valence-electron chi connectivity index (χ0n) is 11.2. The van der Waals surface area contributed by atoms with E-state index in [2.05, 4.69) is 58.7 Å². The Morgan fingerprint density at radius 3 is 2.47 bits per heavy atom. The molecule has 0 unspecified atom stereocenters. The van der Waals surface area contributed by atoms with Crippen molar-refractivity contribution in [2.75, 3.05) is 25.0 Å². The van der Waals surface area contributed by atoms with Crippen molar-refractivity contribution in [3.8, 4) is 0 Å². The second-order valence-electron chi connectivity index (χ2n) is 5.09. The van der Waals surface area contributed by atoms with Gasteiger partial charge in [-0.2, -0.15) is 0 Å². The van der Waals surface area contributed by atoms with Crippen LogP contribution in [-0.4, -0.2) is 24.5 Å². The summed E-state index contributed by atoms with van der Waals surface area (Å²) in [5.74, 6) is 0. The van der Waals surface area contributed by atoms with E-state index in [1.54, 1.807) is 0 Å². The molecule has 1 heterocycles. The monoisotopic (exact) mass is 252 g/mol. The van der Waals surface area contributed by atoms with Gasteiger partial charge in [0, 0.05) is 31.9 Å². The smallest absolute Gasteiger partial charge is 0.0340 e. The minimum Gasteiger partial charge on any atom is -0.384 e. The summed E-state index contributed by atoms with van der Waals surface area (Å²) in [5.41, 5.74) is 4.23. The van der Waals surface area contributed by atoms with Crippen LogP contribution in [-0.2, 0) is 13.0 Å². The molecule has 2 aromatic rings. The molecule has 0 saturated carbocycles. The summed E-state index contributed by atoms with van der Waals surface area (Å²) in [4.78, 5) is 2.53. The number of fused-ring (bicyclic) bond motifs is 1. The number of para-hydroxylation sites is 1. The number of rotatable bonds is 4. The topological polar surface area (TPSA) is 15.3 Å². The van der Waals surface area contributed by atoms with Gasteiger partial charge in [0.15, 0.2) is 0 Å². The van der Waals surface area contributed by atoms with E-state index in [1.165, 1.54) is 29.8 Å². The number of nitrogens with zero attached hydrogens (tertiary/aromatic N) is 1. The summed E-state index contributed by atoms with van der Waals surface area (Å²) in [6.07, 6.45) is 1.18. The van der Waals surface area contributed by atoms with Crippen molar-refractivity contribution in [2.24, 2.45) is 0 Å². The molecule has 0 aromatic heterocycles. The molecule has 1 aliphatic heterocycles. The Labute approximate surface area is 115 Å². The molecule has 2 nitrogen and oxygen atoms in total. The molecule has 0 bridgehead atoms. The first-order valence-corrected chi connectivity index (χ1v) is 7.00. The fourth-order valence-corrected chi connectivity index (χ4v) is 2.66. The van der Waals surface area contributed by atoms with Crippen LogP contribution in [0.3, 0.4) is 0 Å². The fourth-order valence-electron chi connectivity index (χ4n) is 2.66. The summed E-state index contributed by atoms with van der Waals surface area (Å²) in [6, 6.07) is 19.2. The standard InChI is InChI=1S/C17H20N2/c1-2-8-17(9-3-1)18-11-13-19-12-10-15-6-4-5-7-16(15)14-19/h1-9,18H,10-14H2. The maximum Gasteiger partial charge on any atom is 0.0340 e. The van der Waals surface area contributed by atoms with Gasteiger partial charge in [0.25, 0.3) is 0 Å². The molecule has 0 radical (unpaired) electrons. The first-order chi connectivity index (χ1) is 9.42. The van der Waals surface area contributed by atoms with Crippen molar-refractivity contribution >= 4 is 5.69 Å². The molecule has 0 amide bonds. The van der Waals surface area contributed by atoms with Crippen LogP contribution in [0.2, 0.25) is 0 Å². The third kappa shape index (κ3) is 3.15. The van der Waals surface area contributed by atoms with Gasteiger partial charge in [-0.15, -0.1) is 0 Å². The summed E-state index contributed by atoms with van der Waals surface area (Å²) in [6.45, 7) is 4.37. The number of nitrogens with one attached hydrogen (secondary N) is 1. The van der Waals surface area contributed by atoms with Gasteiger partial charge in [0.1, 0.15) is 0 Å². The van der Waals surface area contributed by atoms with E-state index in [0.29, 0.717) is 0 Å². The van der Waals surface area contributed by atoms with Crippen LogP contribution in [0.25, 0.3) is 0 Å². The first kappa shape index (κ1) is 12.2. The minimum absolute atomic E-state index is 1.01. The van der Waals surface area contributed by atoms with Gasteiger partial charge in [-0.3, -0.25) is 4.90 Å². The number of hydrogen-bond acceptors (Lipinski definition) is 2. The predicted octanol–water partition coefficient (Wildman–Crippen LogP) is 3.16. The summed E-state index contributed by atoms with van der Waals surface area (Å²) in [5, 5.41) is 3.47. The first-order valence-electron chi connectivity index (χ1n) is 7.00. The Kier molecular flexibility index (Phi) is 3.80. The minimum atomic E-state index is 1.01. The molecule has 0 atom stereocenters. The van der Waals surface area contributed by atoms with Crippen molar-refractivity contribution in [3.63, 3.8) is 0 Å². The maximum absolute atomic E-state index is 3.47. The largest absolute Gasteiger partial charge is 0.384 e. The normalized spacial score (nSPS) is 14.9. The molecule has 0 spiro atoms. The SMILES string of the molecule is c1ccc(NCCN2CCc3ccccc3C2)cc1. The number of benzene rings is 2. The van der Waals surface area contributed by atoms with Gasteiger partial charge < -0.3 is 5.32 Å². The van der Waals surface area contributed by atoms with Gasteiger partial charge in [-0.05, 0) is 29.7 Å². The molecule has 0 aliphatic carbocycles. The Hall–Kier alpha value is -1.80. The van der Waals surface area contributed by atoms with Crippen LogP contribution in [0.4, 0.5) is 5.69 Å². The van der Waals surface area contributed by atoms with Crippen LogP contribution in [0.5, 0.6) is 0 Å². The lowest BCUT2D eigenvalue weighted by Gasteiger charge is -2.28. The average molecular weight is 252 g/mol. The van der Waals surface area contributed by atoms with Crippen molar-refractivity contribution in [1.82, 2.24) is 4.90 Å². The van der Waals surface area contributed by atoms with E-state index >= 15 is 0 Å². The van der Waals surface area contributed by atoms with E-state index in [9.17, 15) is 0 Å². The molecule has 0 saturated heterocycles. The molecule has 1 N–H and O–H groups in total. The van der Waals surface area contributed by atoms with Gasteiger partial charge in [0.2, 0.25) is 0 Å². The van der Waals surface area contributed by atoms with Gasteiger partial charge in [-0.1, -0.05) is 42.5 Å².